The van der Waals surface area contributed by atoms with Gasteiger partial charge in [-0.2, -0.15) is 0 Å². The van der Waals surface area contributed by atoms with E-state index in [2.05, 4.69) is 27.1 Å². The summed E-state index contributed by atoms with van der Waals surface area (Å²) >= 11 is 0. The number of amides is 1. The molecule has 4 rings (SSSR count). The molecule has 1 aliphatic rings. The van der Waals surface area contributed by atoms with Crippen LogP contribution in [0.2, 0.25) is 0 Å². The number of rotatable bonds is 7. The zero-order chi connectivity index (χ0) is 27.4. The van der Waals surface area contributed by atoms with E-state index >= 15 is 0 Å². The zero-order valence-corrected chi connectivity index (χ0v) is 22.5. The van der Waals surface area contributed by atoms with Gasteiger partial charge in [0.1, 0.15) is 22.3 Å². The SMILES string of the molecule is CCn1c(-c2nonc2N)nc2c(C#CC(C)(C)O)ncc(OCC3CCCN(C(=O)OCC(C)C)C3)c21. The van der Waals surface area contributed by atoms with Crippen molar-refractivity contribution in [3.63, 3.8) is 0 Å². The van der Waals surface area contributed by atoms with Crippen LogP contribution in [0.5, 0.6) is 5.75 Å². The summed E-state index contributed by atoms with van der Waals surface area (Å²) in [4.78, 5) is 23.4. The number of carbonyl (C=O) groups excluding carboxylic acids is 1. The van der Waals surface area contributed by atoms with Crippen LogP contribution in [-0.2, 0) is 11.3 Å². The van der Waals surface area contributed by atoms with Crippen molar-refractivity contribution >= 4 is 22.9 Å². The number of piperidine rings is 1. The number of hydrogen-bond acceptors (Lipinski definition) is 10. The van der Waals surface area contributed by atoms with Crippen molar-refractivity contribution in [3.05, 3.63) is 11.9 Å². The molecular formula is C26H35N7O5. The van der Waals surface area contributed by atoms with Crippen molar-refractivity contribution in [3.8, 4) is 29.1 Å². The lowest BCUT2D eigenvalue weighted by atomic mass is 9.99. The van der Waals surface area contributed by atoms with Gasteiger partial charge in [0.25, 0.3) is 0 Å². The van der Waals surface area contributed by atoms with Crippen LogP contribution in [0.3, 0.4) is 0 Å². The molecule has 38 heavy (non-hydrogen) atoms. The second kappa shape index (κ2) is 11.3. The Labute approximate surface area is 221 Å². The molecule has 1 fully saturated rings. The van der Waals surface area contributed by atoms with Crippen LogP contribution >= 0.6 is 0 Å². The number of aromatic nitrogens is 5. The van der Waals surface area contributed by atoms with Crippen LogP contribution in [0.25, 0.3) is 22.6 Å². The number of aryl methyl sites for hydroxylation is 1. The van der Waals surface area contributed by atoms with Crippen molar-refractivity contribution in [1.29, 1.82) is 0 Å². The summed E-state index contributed by atoms with van der Waals surface area (Å²) in [5.74, 6) is 7.21. The lowest BCUT2D eigenvalue weighted by Gasteiger charge is -2.32. The van der Waals surface area contributed by atoms with Crippen LogP contribution < -0.4 is 10.5 Å². The molecule has 1 atom stereocenters. The summed E-state index contributed by atoms with van der Waals surface area (Å²) in [5.41, 5.74) is 6.61. The number of carbonyl (C=O) groups is 1. The number of ether oxygens (including phenoxy) is 2. The van der Waals surface area contributed by atoms with E-state index in [4.69, 9.17) is 24.8 Å². The molecule has 1 amide bonds. The van der Waals surface area contributed by atoms with Crippen LogP contribution in [0.4, 0.5) is 10.6 Å². The Morgan fingerprint density at radius 3 is 2.82 bits per heavy atom. The highest BCUT2D eigenvalue weighted by Crippen LogP contribution is 2.33. The summed E-state index contributed by atoms with van der Waals surface area (Å²) in [6, 6.07) is 0. The van der Waals surface area contributed by atoms with Gasteiger partial charge in [-0.25, -0.2) is 19.4 Å². The van der Waals surface area contributed by atoms with Gasteiger partial charge in [-0.1, -0.05) is 19.8 Å². The molecule has 0 saturated carbocycles. The fourth-order valence-corrected chi connectivity index (χ4v) is 4.27. The smallest absolute Gasteiger partial charge is 0.409 e. The number of nitrogens with zero attached hydrogens (tertiary/aromatic N) is 6. The number of nitrogen functional groups attached to an aromatic ring is 1. The van der Waals surface area contributed by atoms with Crippen molar-refractivity contribution in [1.82, 2.24) is 29.7 Å². The number of hydrogen-bond donors (Lipinski definition) is 2. The van der Waals surface area contributed by atoms with E-state index in [1.165, 1.54) is 0 Å². The standard InChI is InChI=1S/C26H35N7O5/c1-6-33-22-19(36-15-17-8-7-11-32(13-17)25(34)37-14-16(2)3)12-28-18(9-10-26(4,5)35)20(22)29-24(33)21-23(27)31-38-30-21/h12,16-17,35H,6-8,11,13-15H2,1-5H3,(H2,27,31). The van der Waals surface area contributed by atoms with Crippen LogP contribution in [-0.4, -0.2) is 72.9 Å². The lowest BCUT2D eigenvalue weighted by Crippen LogP contribution is -2.42. The largest absolute Gasteiger partial charge is 0.489 e. The van der Waals surface area contributed by atoms with Gasteiger partial charge >= 0.3 is 6.09 Å². The second-order valence-electron chi connectivity index (χ2n) is 10.4. The van der Waals surface area contributed by atoms with Gasteiger partial charge in [-0.05, 0) is 55.8 Å². The number of pyridine rings is 1. The first-order valence-corrected chi connectivity index (χ1v) is 12.8. The number of anilines is 1. The molecule has 12 heteroatoms. The van der Waals surface area contributed by atoms with E-state index < -0.39 is 5.60 Å². The van der Waals surface area contributed by atoms with Crippen LogP contribution in [0.1, 0.15) is 53.2 Å². The molecule has 0 bridgehead atoms. The average Bonchev–Trinajstić information content (AvgIpc) is 3.47. The van der Waals surface area contributed by atoms with E-state index in [1.807, 2.05) is 25.3 Å². The molecule has 3 aromatic heterocycles. The maximum atomic E-state index is 12.5. The molecule has 1 unspecified atom stereocenters. The van der Waals surface area contributed by atoms with Gasteiger partial charge in [0.2, 0.25) is 0 Å². The second-order valence-corrected chi connectivity index (χ2v) is 10.4. The minimum atomic E-state index is -1.21. The quantitative estimate of drug-likeness (QED) is 0.440. The Morgan fingerprint density at radius 1 is 1.37 bits per heavy atom. The number of aliphatic hydroxyl groups is 1. The Hall–Kier alpha value is -3.85. The lowest BCUT2D eigenvalue weighted by molar-refractivity contribution is 0.0685. The third-order valence-electron chi connectivity index (χ3n) is 6.06. The van der Waals surface area contributed by atoms with E-state index in [-0.39, 0.29) is 23.7 Å². The molecule has 0 radical (unpaired) electrons. The Bertz CT molecular complexity index is 1350. The Morgan fingerprint density at radius 2 is 2.16 bits per heavy atom. The fraction of sp³-hybridized carbons (Fsp3) is 0.577. The summed E-state index contributed by atoms with van der Waals surface area (Å²) in [5, 5.41) is 17.7. The maximum absolute atomic E-state index is 12.5. The molecule has 3 N–H and O–H groups in total. The maximum Gasteiger partial charge on any atom is 0.409 e. The molecule has 1 aliphatic heterocycles. The summed E-state index contributed by atoms with van der Waals surface area (Å²) in [6.07, 6.45) is 3.13. The van der Waals surface area contributed by atoms with Gasteiger partial charge in [0.15, 0.2) is 23.1 Å². The highest BCUT2D eigenvalue weighted by molar-refractivity contribution is 5.89. The van der Waals surface area contributed by atoms with E-state index in [1.54, 1.807) is 24.9 Å². The average molecular weight is 526 g/mol. The molecule has 0 aliphatic carbocycles. The van der Waals surface area contributed by atoms with Gasteiger partial charge in [-0.3, -0.25) is 0 Å². The van der Waals surface area contributed by atoms with Crippen LogP contribution in [0, 0.1) is 23.7 Å². The monoisotopic (exact) mass is 525 g/mol. The highest BCUT2D eigenvalue weighted by Gasteiger charge is 2.27. The summed E-state index contributed by atoms with van der Waals surface area (Å²) in [6.45, 7) is 11.7. The molecule has 204 valence electrons. The van der Waals surface area contributed by atoms with Gasteiger partial charge in [-0.15, -0.1) is 0 Å². The summed E-state index contributed by atoms with van der Waals surface area (Å²) in [7, 11) is 0. The molecule has 1 saturated heterocycles. The molecule has 0 spiro atoms. The Balaban J connectivity index is 1.64. The molecule has 12 nitrogen and oxygen atoms in total. The third-order valence-corrected chi connectivity index (χ3v) is 6.06. The first-order chi connectivity index (χ1) is 18.1. The van der Waals surface area contributed by atoms with Crippen molar-refractivity contribution in [2.75, 3.05) is 32.0 Å². The van der Waals surface area contributed by atoms with E-state index in [0.29, 0.717) is 66.8 Å². The van der Waals surface area contributed by atoms with Gasteiger partial charge in [0.05, 0.1) is 19.4 Å². The molecule has 0 aromatic carbocycles. The molecular weight excluding hydrogens is 490 g/mol. The first-order valence-electron chi connectivity index (χ1n) is 12.8. The van der Waals surface area contributed by atoms with E-state index in [9.17, 15) is 9.90 Å². The predicted molar refractivity (Wildman–Crippen MR) is 140 cm³/mol. The third kappa shape index (κ3) is 6.16. The number of nitrogens with two attached hydrogens (primary N) is 1. The van der Waals surface area contributed by atoms with Crippen molar-refractivity contribution in [2.24, 2.45) is 11.8 Å². The fourth-order valence-electron chi connectivity index (χ4n) is 4.27. The van der Waals surface area contributed by atoms with Gasteiger partial charge < -0.3 is 29.8 Å². The van der Waals surface area contributed by atoms with E-state index in [0.717, 1.165) is 12.8 Å². The van der Waals surface area contributed by atoms with Crippen molar-refractivity contribution in [2.45, 2.75) is 59.6 Å². The molecule has 3 aromatic rings. The highest BCUT2D eigenvalue weighted by atomic mass is 16.6. The van der Waals surface area contributed by atoms with Crippen LogP contribution in [0.15, 0.2) is 10.8 Å². The minimum Gasteiger partial charge on any atom is -0.489 e. The number of likely N-dealkylation sites (tertiary alicyclic amines) is 1. The summed E-state index contributed by atoms with van der Waals surface area (Å²) < 4.78 is 18.4. The number of imidazole rings is 1. The van der Waals surface area contributed by atoms with Crippen molar-refractivity contribution < 1.29 is 24.0 Å². The molecule has 4 heterocycles. The Kier molecular flexibility index (Phi) is 8.06. The zero-order valence-electron chi connectivity index (χ0n) is 22.5. The predicted octanol–water partition coefficient (Wildman–Crippen LogP) is 3.09. The topological polar surface area (TPSA) is 155 Å². The minimum absolute atomic E-state index is 0.112. The normalized spacial score (nSPS) is 16.0. The van der Waals surface area contributed by atoms with Gasteiger partial charge in [0, 0.05) is 25.6 Å². The number of fused-ring (bicyclic) bond motifs is 1. The first kappa shape index (κ1) is 27.2.